The zero-order valence-corrected chi connectivity index (χ0v) is 11.2. The number of fused-ring (bicyclic) bond motifs is 1. The van der Waals surface area contributed by atoms with Crippen molar-refractivity contribution < 1.29 is 9.21 Å². The quantitative estimate of drug-likeness (QED) is 0.860. The predicted molar refractivity (Wildman–Crippen MR) is 68.4 cm³/mol. The number of carbonyl (C=O) groups excluding carboxylic acids is 1. The second-order valence-electron chi connectivity index (χ2n) is 4.89. The number of rotatable bonds is 2. The molecular weight excluding hydrogens is 262 g/mol. The lowest BCUT2D eigenvalue weighted by atomic mass is 10.0. The molecule has 8 heteroatoms. The number of carbonyl (C=O) groups is 1. The fourth-order valence-electron chi connectivity index (χ4n) is 2.11. The minimum Gasteiger partial charge on any atom is -0.391 e. The van der Waals surface area contributed by atoms with E-state index in [9.17, 15) is 9.59 Å². The van der Waals surface area contributed by atoms with Crippen molar-refractivity contribution in [3.8, 4) is 0 Å². The second kappa shape index (κ2) is 4.26. The number of anilines is 1. The van der Waals surface area contributed by atoms with Gasteiger partial charge in [0.1, 0.15) is 17.6 Å². The number of aryl methyl sites for hydroxylation is 1. The number of hydrogen-bond acceptors (Lipinski definition) is 6. The molecule has 1 unspecified atom stereocenters. The molecule has 3 rings (SSSR count). The highest BCUT2D eigenvalue weighted by atomic mass is 16.4. The third kappa shape index (κ3) is 1.80. The molecule has 0 bridgehead atoms. The van der Waals surface area contributed by atoms with Crippen molar-refractivity contribution in [1.29, 1.82) is 0 Å². The average molecular weight is 275 g/mol. The van der Waals surface area contributed by atoms with Gasteiger partial charge >= 0.3 is 5.76 Å². The first kappa shape index (κ1) is 12.5. The number of nitrogens with one attached hydrogen (secondary N) is 1. The average Bonchev–Trinajstić information content (AvgIpc) is 2.88. The normalized spacial score (nSPS) is 17.4. The molecule has 2 aromatic rings. The Bertz CT molecular complexity index is 746. The van der Waals surface area contributed by atoms with Gasteiger partial charge < -0.3 is 9.73 Å². The van der Waals surface area contributed by atoms with E-state index in [1.807, 2.05) is 13.8 Å². The number of aromatic nitrogens is 4. The molecule has 0 aliphatic carbocycles. The summed E-state index contributed by atoms with van der Waals surface area (Å²) in [5, 5.41) is 6.73. The van der Waals surface area contributed by atoms with Gasteiger partial charge in [0.25, 0.3) is 0 Å². The maximum atomic E-state index is 12.0. The zero-order chi connectivity index (χ0) is 14.4. The third-order valence-electron chi connectivity index (χ3n) is 3.07. The molecule has 1 atom stereocenters. The van der Waals surface area contributed by atoms with Gasteiger partial charge in [0.05, 0.1) is 6.04 Å². The van der Waals surface area contributed by atoms with Crippen LogP contribution in [0, 0.1) is 6.92 Å². The molecule has 0 saturated carbocycles. The summed E-state index contributed by atoms with van der Waals surface area (Å²) < 4.78 is 6.30. The summed E-state index contributed by atoms with van der Waals surface area (Å²) in [4.78, 5) is 31.9. The first-order valence-corrected chi connectivity index (χ1v) is 6.21. The SMILES string of the molecule is Cc1ncc2c(n1)NC(=O)C2c1nn(C(C)C)c(=O)o1. The van der Waals surface area contributed by atoms with Crippen LogP contribution in [0.15, 0.2) is 15.4 Å². The minimum atomic E-state index is -0.779. The highest BCUT2D eigenvalue weighted by molar-refractivity contribution is 6.03. The first-order chi connectivity index (χ1) is 9.47. The van der Waals surface area contributed by atoms with Gasteiger partial charge in [0.15, 0.2) is 0 Å². The molecule has 1 N–H and O–H groups in total. The standard InChI is InChI=1S/C12H13N5O3/c1-5(2)17-12(19)20-11(16-17)8-7-4-13-6(3)14-9(7)15-10(8)18/h4-5,8H,1-3H3,(H,13,14,15,18). The molecule has 20 heavy (non-hydrogen) atoms. The van der Waals surface area contributed by atoms with E-state index in [0.29, 0.717) is 17.2 Å². The Morgan fingerprint density at radius 1 is 1.40 bits per heavy atom. The van der Waals surface area contributed by atoms with Crippen LogP contribution in [-0.4, -0.2) is 25.7 Å². The lowest BCUT2D eigenvalue weighted by Crippen LogP contribution is -2.18. The van der Waals surface area contributed by atoms with Crippen molar-refractivity contribution in [3.05, 3.63) is 34.0 Å². The molecule has 1 aliphatic rings. The molecule has 0 radical (unpaired) electrons. The highest BCUT2D eigenvalue weighted by Crippen LogP contribution is 2.34. The Balaban J connectivity index is 2.10. The van der Waals surface area contributed by atoms with E-state index in [1.54, 1.807) is 13.1 Å². The van der Waals surface area contributed by atoms with E-state index in [2.05, 4.69) is 20.4 Å². The molecule has 104 valence electrons. The maximum absolute atomic E-state index is 12.0. The third-order valence-corrected chi connectivity index (χ3v) is 3.07. The van der Waals surface area contributed by atoms with Crippen LogP contribution < -0.4 is 11.1 Å². The number of nitrogens with zero attached hydrogens (tertiary/aromatic N) is 4. The van der Waals surface area contributed by atoms with Gasteiger partial charge in [-0.05, 0) is 20.8 Å². The van der Waals surface area contributed by atoms with E-state index >= 15 is 0 Å². The largest absolute Gasteiger partial charge is 0.437 e. The van der Waals surface area contributed by atoms with Crippen LogP contribution in [0.1, 0.15) is 43.1 Å². The summed E-state index contributed by atoms with van der Waals surface area (Å²) in [6, 6.07) is -0.141. The summed E-state index contributed by atoms with van der Waals surface area (Å²) >= 11 is 0. The molecule has 0 aromatic carbocycles. The summed E-state index contributed by atoms with van der Waals surface area (Å²) in [7, 11) is 0. The van der Waals surface area contributed by atoms with E-state index < -0.39 is 11.7 Å². The lowest BCUT2D eigenvalue weighted by Gasteiger charge is -2.03. The monoisotopic (exact) mass is 275 g/mol. The Morgan fingerprint density at radius 2 is 2.15 bits per heavy atom. The molecule has 0 saturated heterocycles. The van der Waals surface area contributed by atoms with Crippen LogP contribution in [0.4, 0.5) is 5.82 Å². The Labute approximate surface area is 113 Å². The number of amides is 1. The molecular formula is C12H13N5O3. The van der Waals surface area contributed by atoms with Gasteiger partial charge in [-0.25, -0.2) is 14.8 Å². The fraction of sp³-hybridized carbons (Fsp3) is 0.417. The number of hydrogen-bond donors (Lipinski definition) is 1. The summed E-state index contributed by atoms with van der Waals surface area (Å²) in [5.41, 5.74) is 0.567. The highest BCUT2D eigenvalue weighted by Gasteiger charge is 2.38. The van der Waals surface area contributed by atoms with Crippen molar-refractivity contribution in [2.45, 2.75) is 32.7 Å². The molecule has 0 fully saturated rings. The van der Waals surface area contributed by atoms with Crippen LogP contribution in [0.3, 0.4) is 0 Å². The molecule has 1 aliphatic heterocycles. The van der Waals surface area contributed by atoms with Gasteiger partial charge in [-0.1, -0.05) is 0 Å². The Kier molecular flexibility index (Phi) is 2.66. The van der Waals surface area contributed by atoms with E-state index in [1.165, 1.54) is 4.68 Å². The van der Waals surface area contributed by atoms with Crippen LogP contribution in [-0.2, 0) is 4.79 Å². The van der Waals surface area contributed by atoms with E-state index in [-0.39, 0.29) is 17.8 Å². The Morgan fingerprint density at radius 3 is 2.80 bits per heavy atom. The second-order valence-corrected chi connectivity index (χ2v) is 4.89. The lowest BCUT2D eigenvalue weighted by molar-refractivity contribution is -0.116. The van der Waals surface area contributed by atoms with Crippen molar-refractivity contribution >= 4 is 11.7 Å². The van der Waals surface area contributed by atoms with Crippen LogP contribution in [0.5, 0.6) is 0 Å². The molecule has 1 amide bonds. The van der Waals surface area contributed by atoms with Crippen LogP contribution >= 0.6 is 0 Å². The van der Waals surface area contributed by atoms with Crippen molar-refractivity contribution in [1.82, 2.24) is 19.7 Å². The smallest absolute Gasteiger partial charge is 0.391 e. The van der Waals surface area contributed by atoms with Crippen molar-refractivity contribution in [3.63, 3.8) is 0 Å². The van der Waals surface area contributed by atoms with E-state index in [0.717, 1.165) is 0 Å². The van der Waals surface area contributed by atoms with Crippen LogP contribution in [0.2, 0.25) is 0 Å². The fourth-order valence-corrected chi connectivity index (χ4v) is 2.11. The summed E-state index contributed by atoms with van der Waals surface area (Å²) in [5.74, 6) is -0.625. The van der Waals surface area contributed by atoms with Gasteiger partial charge in [-0.15, -0.1) is 5.10 Å². The van der Waals surface area contributed by atoms with Crippen molar-refractivity contribution in [2.24, 2.45) is 0 Å². The predicted octanol–water partition coefficient (Wildman–Crippen LogP) is 0.600. The molecule has 2 aromatic heterocycles. The van der Waals surface area contributed by atoms with Gasteiger partial charge in [-0.3, -0.25) is 4.79 Å². The minimum absolute atomic E-state index is 0.0624. The van der Waals surface area contributed by atoms with Crippen molar-refractivity contribution in [2.75, 3.05) is 5.32 Å². The maximum Gasteiger partial charge on any atom is 0.437 e. The van der Waals surface area contributed by atoms with Crippen LogP contribution in [0.25, 0.3) is 0 Å². The van der Waals surface area contributed by atoms with Gasteiger partial charge in [-0.2, -0.15) is 4.68 Å². The Hall–Kier alpha value is -2.51. The molecule has 8 nitrogen and oxygen atoms in total. The summed E-state index contributed by atoms with van der Waals surface area (Å²) in [6.07, 6.45) is 1.55. The zero-order valence-electron chi connectivity index (χ0n) is 11.2. The topological polar surface area (TPSA) is 103 Å². The molecule has 0 spiro atoms. The van der Waals surface area contributed by atoms with Gasteiger partial charge in [0, 0.05) is 11.8 Å². The summed E-state index contributed by atoms with van der Waals surface area (Å²) in [6.45, 7) is 5.35. The molecule has 3 heterocycles. The van der Waals surface area contributed by atoms with E-state index in [4.69, 9.17) is 4.42 Å². The first-order valence-electron chi connectivity index (χ1n) is 6.21. The van der Waals surface area contributed by atoms with Gasteiger partial charge in [0.2, 0.25) is 11.8 Å².